The molecule has 1 atom stereocenters. The molecule has 0 amide bonds. The van der Waals surface area contributed by atoms with Crippen LogP contribution >= 0.6 is 11.8 Å². The van der Waals surface area contributed by atoms with E-state index in [1.807, 2.05) is 30.3 Å². The van der Waals surface area contributed by atoms with Crippen LogP contribution in [0.15, 0.2) is 58.3 Å². The summed E-state index contributed by atoms with van der Waals surface area (Å²) in [6, 6.07) is 14.4. The molecule has 3 N–H and O–H groups in total. The van der Waals surface area contributed by atoms with Crippen LogP contribution in [0.3, 0.4) is 0 Å². The molecule has 11 heteroatoms. The molecule has 1 fully saturated rings. The van der Waals surface area contributed by atoms with Gasteiger partial charge >= 0.3 is 0 Å². The van der Waals surface area contributed by atoms with Crippen LogP contribution in [-0.4, -0.2) is 73.7 Å². The van der Waals surface area contributed by atoms with Gasteiger partial charge in [0.1, 0.15) is 5.69 Å². The Balaban J connectivity index is 1.70. The van der Waals surface area contributed by atoms with Crippen molar-refractivity contribution >= 4 is 33.2 Å². The molecule has 1 aliphatic heterocycles. The van der Waals surface area contributed by atoms with E-state index in [0.717, 1.165) is 62.9 Å². The zero-order valence-electron chi connectivity index (χ0n) is 21.0. The number of rotatable bonds is 13. The highest BCUT2D eigenvalue weighted by Gasteiger charge is 2.25. The standard InChI is InChI=1S/C25H37N5O4S2/c1-3-29(4-2)21-13-16-28(17-14-21)15-12-20(19-35-22-8-6-5-7-9-22)27-24-11-10-23(36(26,33)34)18-25(24)30(31)32/h5-11,18,20-21,27H,3-4,12-17,19H2,1-2H3,(H2,26,33,34). The molecule has 0 aromatic heterocycles. The molecule has 198 valence electrons. The minimum absolute atomic E-state index is 0.0465. The van der Waals surface area contributed by atoms with Crippen LogP contribution in [-0.2, 0) is 10.0 Å². The Hall–Kier alpha value is -2.18. The molecule has 3 rings (SSSR count). The Morgan fingerprint density at radius 1 is 1.17 bits per heavy atom. The van der Waals surface area contributed by atoms with E-state index < -0.39 is 14.9 Å². The van der Waals surface area contributed by atoms with Crippen LogP contribution in [0.2, 0.25) is 0 Å². The lowest BCUT2D eigenvalue weighted by Gasteiger charge is -2.38. The van der Waals surface area contributed by atoms with Crippen LogP contribution in [0.1, 0.15) is 33.1 Å². The van der Waals surface area contributed by atoms with Crippen LogP contribution in [0.5, 0.6) is 0 Å². The van der Waals surface area contributed by atoms with Crippen molar-refractivity contribution in [2.24, 2.45) is 5.14 Å². The largest absolute Gasteiger partial charge is 0.376 e. The van der Waals surface area contributed by atoms with Crippen LogP contribution in [0.25, 0.3) is 0 Å². The lowest BCUT2D eigenvalue weighted by molar-refractivity contribution is -0.384. The third-order valence-electron chi connectivity index (χ3n) is 6.73. The normalized spacial score (nSPS) is 16.2. The van der Waals surface area contributed by atoms with E-state index in [4.69, 9.17) is 5.14 Å². The van der Waals surface area contributed by atoms with E-state index in [9.17, 15) is 18.5 Å². The summed E-state index contributed by atoms with van der Waals surface area (Å²) >= 11 is 1.69. The Morgan fingerprint density at radius 3 is 2.42 bits per heavy atom. The van der Waals surface area contributed by atoms with Crippen LogP contribution in [0, 0.1) is 10.1 Å². The second-order valence-corrected chi connectivity index (χ2v) is 11.7. The van der Waals surface area contributed by atoms with E-state index in [0.29, 0.717) is 17.5 Å². The molecular weight excluding hydrogens is 498 g/mol. The summed E-state index contributed by atoms with van der Waals surface area (Å²) in [5.74, 6) is 0.716. The van der Waals surface area contributed by atoms with Gasteiger partial charge in [0, 0.05) is 35.3 Å². The molecule has 0 aliphatic carbocycles. The molecule has 2 aromatic carbocycles. The first-order valence-corrected chi connectivity index (χ1v) is 15.0. The van der Waals surface area contributed by atoms with Gasteiger partial charge in [0.15, 0.2) is 0 Å². The van der Waals surface area contributed by atoms with Crippen molar-refractivity contribution in [3.8, 4) is 0 Å². The lowest BCUT2D eigenvalue weighted by atomic mass is 10.0. The molecule has 1 aliphatic rings. The van der Waals surface area contributed by atoms with Crippen molar-refractivity contribution in [2.45, 2.75) is 55.0 Å². The predicted octanol–water partition coefficient (Wildman–Crippen LogP) is 4.01. The third kappa shape index (κ3) is 8.17. The number of nitro benzene ring substituents is 1. The molecule has 2 aromatic rings. The number of nitro groups is 1. The summed E-state index contributed by atoms with van der Waals surface area (Å²) in [7, 11) is -4.04. The number of piperidine rings is 1. The minimum atomic E-state index is -4.04. The molecule has 0 spiro atoms. The highest BCUT2D eigenvalue weighted by atomic mass is 32.2. The SMILES string of the molecule is CCN(CC)C1CCN(CCC(CSc2ccccc2)Nc2ccc(S(N)(=O)=O)cc2[N+](=O)[O-])CC1. The first-order valence-electron chi connectivity index (χ1n) is 12.4. The topological polar surface area (TPSA) is 122 Å². The summed E-state index contributed by atoms with van der Waals surface area (Å²) in [6.45, 7) is 9.56. The van der Waals surface area contributed by atoms with Gasteiger partial charge in [-0.1, -0.05) is 32.0 Å². The summed E-state index contributed by atoms with van der Waals surface area (Å²) in [5, 5.41) is 20.2. The van der Waals surface area contributed by atoms with Gasteiger partial charge in [-0.05, 0) is 69.7 Å². The Bertz CT molecular complexity index is 1090. The summed E-state index contributed by atoms with van der Waals surface area (Å²) in [6.07, 6.45) is 3.11. The van der Waals surface area contributed by atoms with E-state index in [1.165, 1.54) is 12.1 Å². The molecule has 1 unspecified atom stereocenters. The van der Waals surface area contributed by atoms with Crippen molar-refractivity contribution in [1.29, 1.82) is 0 Å². The van der Waals surface area contributed by atoms with Crippen molar-refractivity contribution in [2.75, 3.05) is 43.8 Å². The van der Waals surface area contributed by atoms with Crippen LogP contribution < -0.4 is 10.5 Å². The van der Waals surface area contributed by atoms with Crippen molar-refractivity contribution in [1.82, 2.24) is 9.80 Å². The maximum Gasteiger partial charge on any atom is 0.293 e. The molecular formula is C25H37N5O4S2. The number of anilines is 1. The predicted molar refractivity (Wildman–Crippen MR) is 146 cm³/mol. The molecule has 0 saturated carbocycles. The fraction of sp³-hybridized carbons (Fsp3) is 0.520. The number of likely N-dealkylation sites (tertiary alicyclic amines) is 1. The number of hydrogen-bond acceptors (Lipinski definition) is 8. The fourth-order valence-corrected chi connectivity index (χ4v) is 6.21. The Kier molecular flexibility index (Phi) is 10.6. The number of thioether (sulfide) groups is 1. The van der Waals surface area contributed by atoms with Crippen molar-refractivity contribution in [3.63, 3.8) is 0 Å². The second-order valence-electron chi connectivity index (χ2n) is 9.03. The van der Waals surface area contributed by atoms with Gasteiger partial charge in [-0.25, -0.2) is 13.6 Å². The zero-order valence-corrected chi connectivity index (χ0v) is 22.6. The zero-order chi connectivity index (χ0) is 26.1. The Morgan fingerprint density at radius 2 is 1.83 bits per heavy atom. The number of primary sulfonamides is 1. The second kappa shape index (κ2) is 13.4. The maximum absolute atomic E-state index is 11.7. The van der Waals surface area contributed by atoms with E-state index in [-0.39, 0.29) is 16.6 Å². The maximum atomic E-state index is 11.7. The number of nitrogens with zero attached hydrogens (tertiary/aromatic N) is 3. The first kappa shape index (κ1) is 28.4. The fourth-order valence-electron chi connectivity index (χ4n) is 4.68. The molecule has 1 heterocycles. The van der Waals surface area contributed by atoms with E-state index >= 15 is 0 Å². The van der Waals surface area contributed by atoms with Crippen molar-refractivity contribution < 1.29 is 13.3 Å². The van der Waals surface area contributed by atoms with E-state index in [2.05, 4.69) is 29.0 Å². The summed E-state index contributed by atoms with van der Waals surface area (Å²) in [4.78, 5) is 17.0. The minimum Gasteiger partial charge on any atom is -0.376 e. The van der Waals surface area contributed by atoms with Gasteiger partial charge in [-0.15, -0.1) is 11.8 Å². The summed E-state index contributed by atoms with van der Waals surface area (Å²) < 4.78 is 23.4. The number of nitrogens with two attached hydrogens (primary N) is 1. The number of hydrogen-bond donors (Lipinski definition) is 2. The highest BCUT2D eigenvalue weighted by molar-refractivity contribution is 7.99. The molecule has 0 bridgehead atoms. The highest BCUT2D eigenvalue weighted by Crippen LogP contribution is 2.30. The monoisotopic (exact) mass is 535 g/mol. The quantitative estimate of drug-likeness (QED) is 0.224. The summed E-state index contributed by atoms with van der Waals surface area (Å²) in [5.41, 5.74) is 0.00239. The molecule has 0 radical (unpaired) electrons. The average Bonchev–Trinajstić information content (AvgIpc) is 2.87. The Labute approximate surface area is 218 Å². The van der Waals surface area contributed by atoms with Gasteiger partial charge in [-0.2, -0.15) is 0 Å². The number of sulfonamides is 1. The van der Waals surface area contributed by atoms with Crippen molar-refractivity contribution in [3.05, 3.63) is 58.6 Å². The third-order valence-corrected chi connectivity index (χ3v) is 8.81. The van der Waals surface area contributed by atoms with Gasteiger partial charge in [0.05, 0.1) is 9.82 Å². The van der Waals surface area contributed by atoms with Gasteiger partial charge < -0.3 is 15.1 Å². The lowest BCUT2D eigenvalue weighted by Crippen LogP contribution is -2.45. The number of nitrogens with one attached hydrogen (secondary N) is 1. The molecule has 9 nitrogen and oxygen atoms in total. The van der Waals surface area contributed by atoms with E-state index in [1.54, 1.807) is 11.8 Å². The number of benzene rings is 2. The first-order chi connectivity index (χ1) is 17.2. The molecule has 1 saturated heterocycles. The average molecular weight is 536 g/mol. The van der Waals surface area contributed by atoms with Gasteiger partial charge in [0.25, 0.3) is 5.69 Å². The van der Waals surface area contributed by atoms with Crippen LogP contribution in [0.4, 0.5) is 11.4 Å². The molecule has 36 heavy (non-hydrogen) atoms. The van der Waals surface area contributed by atoms with Gasteiger partial charge in [0.2, 0.25) is 10.0 Å². The smallest absolute Gasteiger partial charge is 0.293 e. The van der Waals surface area contributed by atoms with Gasteiger partial charge in [-0.3, -0.25) is 10.1 Å².